The van der Waals surface area contributed by atoms with Gasteiger partial charge in [0.25, 0.3) is 11.8 Å². The van der Waals surface area contributed by atoms with E-state index in [1.54, 1.807) is 48.5 Å². The number of hydrogen-bond acceptors (Lipinski definition) is 5. The first kappa shape index (κ1) is 31.1. The highest BCUT2D eigenvalue weighted by Gasteiger charge is 2.28. The maximum Gasteiger partial charge on any atom is 0.255 e. The maximum absolute atomic E-state index is 13.8. The third-order valence-corrected chi connectivity index (χ3v) is 9.20. The van der Waals surface area contributed by atoms with Crippen LogP contribution in [0.4, 0.5) is 4.39 Å². The third kappa shape index (κ3) is 5.54. The average Bonchev–Trinajstić information content (AvgIpc) is 3.63. The molecule has 0 aliphatic carbocycles. The number of nitrogens with one attached hydrogen (secondary N) is 2. The van der Waals surface area contributed by atoms with Crippen molar-refractivity contribution < 1.29 is 26.8 Å². The zero-order valence-electron chi connectivity index (χ0n) is 25.3. The fourth-order valence-corrected chi connectivity index (χ4v) is 6.57. The lowest BCUT2D eigenvalue weighted by atomic mass is 9.93. The zero-order valence-corrected chi connectivity index (χ0v) is 26.9. The number of hydrogen-bond donors (Lipinski definition) is 2. The number of aromatic nitrogens is 1. The molecular weight excluding hydrogens is 629 g/mol. The monoisotopic (exact) mass is 657 g/mol. The summed E-state index contributed by atoms with van der Waals surface area (Å²) in [6.45, 7) is 3.76. The Bertz CT molecular complexity index is 2270. The van der Waals surface area contributed by atoms with Crippen LogP contribution in [-0.2, 0) is 15.6 Å². The smallest absolute Gasteiger partial charge is 0.255 e. The Kier molecular flexibility index (Phi) is 7.74. The SMILES string of the molecule is CNC(=O)c1c(-c2ccc(F)cc2)oc2c1cc(-c1cccc(C(=O)NC(C)(C)c3ccc(Cl)cc3)c1)c1c2ccn1S(C)(=O)=O. The van der Waals surface area contributed by atoms with Crippen LogP contribution in [0.15, 0.2) is 95.5 Å². The van der Waals surface area contributed by atoms with E-state index < -0.39 is 27.3 Å². The molecule has 0 aliphatic heterocycles. The minimum atomic E-state index is -3.79. The van der Waals surface area contributed by atoms with Crippen LogP contribution in [-0.4, -0.2) is 37.5 Å². The highest BCUT2D eigenvalue weighted by atomic mass is 35.5. The van der Waals surface area contributed by atoms with Crippen molar-refractivity contribution in [2.24, 2.45) is 0 Å². The maximum atomic E-state index is 13.8. The van der Waals surface area contributed by atoms with Crippen LogP contribution in [0, 0.1) is 5.82 Å². The summed E-state index contributed by atoms with van der Waals surface area (Å²) in [5, 5.41) is 7.16. The molecule has 11 heteroatoms. The fraction of sp³-hybridized carbons (Fsp3) is 0.143. The molecule has 6 rings (SSSR count). The van der Waals surface area contributed by atoms with Crippen LogP contribution in [0.2, 0.25) is 5.02 Å². The zero-order chi connectivity index (χ0) is 33.0. The standard InChI is InChI=1S/C35H29ClFN3O5S/c1-35(2,23-10-12-24(36)13-11-23)39-33(41)22-7-5-6-21(18-22)27-19-28-29(34(42)38-3)31(20-8-14-25(37)15-9-20)45-32(28)26-16-17-40(30(26)27)46(4,43)44/h5-19H,1-4H3,(H,38,42)(H,39,41). The van der Waals surface area contributed by atoms with E-state index in [2.05, 4.69) is 10.6 Å². The summed E-state index contributed by atoms with van der Waals surface area (Å²) in [6.07, 6.45) is 2.51. The third-order valence-electron chi connectivity index (χ3n) is 7.93. The van der Waals surface area contributed by atoms with Gasteiger partial charge in [0.15, 0.2) is 0 Å². The predicted octanol–water partition coefficient (Wildman–Crippen LogP) is 7.35. The Morgan fingerprint density at radius 1 is 0.891 bits per heavy atom. The molecule has 234 valence electrons. The average molecular weight is 658 g/mol. The Balaban J connectivity index is 1.56. The number of carbonyl (C=O) groups excluding carboxylic acids is 2. The van der Waals surface area contributed by atoms with Gasteiger partial charge in [-0.05, 0) is 85.6 Å². The molecule has 2 heterocycles. The Morgan fingerprint density at radius 2 is 1.59 bits per heavy atom. The molecule has 0 saturated heterocycles. The van der Waals surface area contributed by atoms with Crippen LogP contribution in [0.3, 0.4) is 0 Å². The second-order valence-electron chi connectivity index (χ2n) is 11.5. The number of carbonyl (C=O) groups is 2. The highest BCUT2D eigenvalue weighted by Crippen LogP contribution is 2.42. The molecule has 0 saturated carbocycles. The lowest BCUT2D eigenvalue weighted by Gasteiger charge is -2.27. The van der Waals surface area contributed by atoms with Crippen molar-refractivity contribution in [1.82, 2.24) is 14.6 Å². The molecule has 8 nitrogen and oxygen atoms in total. The summed E-state index contributed by atoms with van der Waals surface area (Å²) in [5.41, 5.74) is 2.75. The Labute approximate surface area is 269 Å². The van der Waals surface area contributed by atoms with Gasteiger partial charge in [-0.2, -0.15) is 0 Å². The quantitative estimate of drug-likeness (QED) is 0.187. The highest BCUT2D eigenvalue weighted by molar-refractivity contribution is 7.89. The van der Waals surface area contributed by atoms with E-state index in [1.807, 2.05) is 26.0 Å². The molecule has 0 spiro atoms. The summed E-state index contributed by atoms with van der Waals surface area (Å²) < 4.78 is 47.1. The van der Waals surface area contributed by atoms with Gasteiger partial charge in [-0.1, -0.05) is 35.9 Å². The van der Waals surface area contributed by atoms with E-state index in [0.717, 1.165) is 15.8 Å². The van der Waals surface area contributed by atoms with Crippen molar-refractivity contribution in [1.29, 1.82) is 0 Å². The predicted molar refractivity (Wildman–Crippen MR) is 178 cm³/mol. The van der Waals surface area contributed by atoms with Gasteiger partial charge in [0.2, 0.25) is 10.0 Å². The second kappa shape index (κ2) is 11.5. The lowest BCUT2D eigenvalue weighted by Crippen LogP contribution is -2.40. The van der Waals surface area contributed by atoms with Crippen molar-refractivity contribution >= 4 is 55.3 Å². The number of rotatable bonds is 7. The molecule has 2 N–H and O–H groups in total. The van der Waals surface area contributed by atoms with Gasteiger partial charge in [-0.3, -0.25) is 9.59 Å². The van der Waals surface area contributed by atoms with Crippen LogP contribution in [0.25, 0.3) is 44.3 Å². The minimum absolute atomic E-state index is 0.206. The summed E-state index contributed by atoms with van der Waals surface area (Å²) in [4.78, 5) is 26.9. The molecule has 2 amide bonds. The van der Waals surface area contributed by atoms with E-state index in [9.17, 15) is 22.4 Å². The first-order chi connectivity index (χ1) is 21.8. The number of amides is 2. The minimum Gasteiger partial charge on any atom is -0.454 e. The molecule has 0 aliphatic rings. The Morgan fingerprint density at radius 3 is 2.24 bits per heavy atom. The first-order valence-corrected chi connectivity index (χ1v) is 16.5. The fourth-order valence-electron chi connectivity index (χ4n) is 5.63. The van der Waals surface area contributed by atoms with E-state index >= 15 is 0 Å². The number of halogens is 2. The van der Waals surface area contributed by atoms with Gasteiger partial charge in [-0.15, -0.1) is 0 Å². The van der Waals surface area contributed by atoms with Gasteiger partial charge in [0.05, 0.1) is 22.9 Å². The molecule has 0 atom stereocenters. The Hall–Kier alpha value is -4.93. The van der Waals surface area contributed by atoms with Crippen LogP contribution in [0.5, 0.6) is 0 Å². The number of nitrogens with zero attached hydrogens (tertiary/aromatic N) is 1. The van der Waals surface area contributed by atoms with Crippen molar-refractivity contribution in [3.63, 3.8) is 0 Å². The normalized spacial score (nSPS) is 12.0. The van der Waals surface area contributed by atoms with Crippen molar-refractivity contribution in [2.45, 2.75) is 19.4 Å². The number of fused-ring (bicyclic) bond motifs is 3. The summed E-state index contributed by atoms with van der Waals surface area (Å²) in [6, 6.07) is 22.9. The molecule has 0 unspecified atom stereocenters. The molecule has 46 heavy (non-hydrogen) atoms. The van der Waals surface area contributed by atoms with Crippen LogP contribution >= 0.6 is 11.6 Å². The number of benzene rings is 4. The molecule has 0 bridgehead atoms. The van der Waals surface area contributed by atoms with Crippen LogP contribution < -0.4 is 10.6 Å². The van der Waals surface area contributed by atoms with Gasteiger partial charge < -0.3 is 15.1 Å². The van der Waals surface area contributed by atoms with Gasteiger partial charge >= 0.3 is 0 Å². The first-order valence-electron chi connectivity index (χ1n) is 14.3. The van der Waals surface area contributed by atoms with Gasteiger partial charge in [0.1, 0.15) is 17.2 Å². The summed E-state index contributed by atoms with van der Waals surface area (Å²) in [7, 11) is -2.30. The molecule has 0 fully saturated rings. The summed E-state index contributed by atoms with van der Waals surface area (Å²) >= 11 is 6.05. The summed E-state index contributed by atoms with van der Waals surface area (Å²) in [5.74, 6) is -1.02. The topological polar surface area (TPSA) is 110 Å². The van der Waals surface area contributed by atoms with Gasteiger partial charge in [0, 0.05) is 45.7 Å². The van der Waals surface area contributed by atoms with Gasteiger partial charge in [-0.25, -0.2) is 16.8 Å². The van der Waals surface area contributed by atoms with Crippen molar-refractivity contribution in [2.75, 3.05) is 13.3 Å². The second-order valence-corrected chi connectivity index (χ2v) is 13.8. The molecule has 4 aromatic carbocycles. The van der Waals surface area contributed by atoms with E-state index in [0.29, 0.717) is 43.6 Å². The van der Waals surface area contributed by atoms with E-state index in [1.165, 1.54) is 37.5 Å². The molecule has 2 aromatic heterocycles. The van der Waals surface area contributed by atoms with E-state index in [4.69, 9.17) is 16.0 Å². The molecule has 6 aromatic rings. The lowest BCUT2D eigenvalue weighted by molar-refractivity contribution is 0.0910. The van der Waals surface area contributed by atoms with Crippen molar-refractivity contribution in [3.8, 4) is 22.5 Å². The molecule has 0 radical (unpaired) electrons. The van der Waals surface area contributed by atoms with Crippen molar-refractivity contribution in [3.05, 3.63) is 119 Å². The molecular formula is C35H29ClFN3O5S. The van der Waals surface area contributed by atoms with E-state index in [-0.39, 0.29) is 22.8 Å². The number of furan rings is 1. The largest absolute Gasteiger partial charge is 0.454 e. The van der Waals surface area contributed by atoms with Crippen LogP contribution in [0.1, 0.15) is 40.1 Å².